The molecule has 1 heterocycles. The zero-order chi connectivity index (χ0) is 18.7. The molecular weight excluding hydrogens is 398 g/mol. The Bertz CT molecular complexity index is 830. The predicted molar refractivity (Wildman–Crippen MR) is 101 cm³/mol. The third kappa shape index (κ3) is 4.19. The second-order valence-electron chi connectivity index (χ2n) is 6.28. The molecule has 3 rings (SSSR count). The van der Waals surface area contributed by atoms with Crippen molar-refractivity contribution < 1.29 is 19.1 Å². The molecule has 2 aromatic carbocycles. The van der Waals surface area contributed by atoms with Crippen LogP contribution >= 0.6 is 15.9 Å². The molecule has 0 saturated carbocycles. The van der Waals surface area contributed by atoms with Crippen molar-refractivity contribution in [3.8, 4) is 0 Å². The van der Waals surface area contributed by atoms with Gasteiger partial charge in [-0.2, -0.15) is 0 Å². The molecular formula is C20H18BrNO4. The molecule has 1 atom stereocenters. The minimum Gasteiger partial charge on any atom is -0.457 e. The maximum Gasteiger partial charge on any atom is 0.311 e. The Morgan fingerprint density at radius 1 is 1.12 bits per heavy atom. The van der Waals surface area contributed by atoms with E-state index in [1.54, 1.807) is 29.2 Å². The van der Waals surface area contributed by atoms with Gasteiger partial charge in [-0.15, -0.1) is 0 Å². The zero-order valence-electron chi connectivity index (χ0n) is 14.3. The summed E-state index contributed by atoms with van der Waals surface area (Å²) in [5.74, 6) is -1.46. The highest BCUT2D eigenvalue weighted by Gasteiger charge is 2.36. The number of carbonyl (C=O) groups excluding carboxylic acids is 3. The normalized spacial score (nSPS) is 16.6. The molecule has 0 spiro atoms. The van der Waals surface area contributed by atoms with Crippen LogP contribution in [0.2, 0.25) is 0 Å². The van der Waals surface area contributed by atoms with Crippen LogP contribution in [-0.2, 0) is 14.3 Å². The van der Waals surface area contributed by atoms with Gasteiger partial charge in [-0.05, 0) is 31.2 Å². The third-order valence-corrected chi connectivity index (χ3v) is 4.84. The monoisotopic (exact) mass is 415 g/mol. The lowest BCUT2D eigenvalue weighted by atomic mass is 10.1. The highest BCUT2D eigenvalue weighted by molar-refractivity contribution is 9.10. The topological polar surface area (TPSA) is 63.7 Å². The molecule has 26 heavy (non-hydrogen) atoms. The highest BCUT2D eigenvalue weighted by atomic mass is 79.9. The lowest BCUT2D eigenvalue weighted by molar-refractivity contribution is -0.147. The second kappa shape index (κ2) is 7.83. The lowest BCUT2D eigenvalue weighted by Crippen LogP contribution is -2.27. The Balaban J connectivity index is 1.57. The maximum absolute atomic E-state index is 12.3. The summed E-state index contributed by atoms with van der Waals surface area (Å²) in [6.45, 7) is 1.92. The van der Waals surface area contributed by atoms with Gasteiger partial charge in [0.2, 0.25) is 5.91 Å². The SMILES string of the molecule is Cc1ccc(N2C[C@H](C(=O)OCC(=O)c3ccc(Br)cc3)CC2=O)cc1. The Labute approximate surface area is 160 Å². The van der Waals surface area contributed by atoms with Crippen LogP contribution in [0.25, 0.3) is 0 Å². The van der Waals surface area contributed by atoms with Gasteiger partial charge in [0.05, 0.1) is 5.92 Å². The number of nitrogens with zero attached hydrogens (tertiary/aromatic N) is 1. The first kappa shape index (κ1) is 18.3. The van der Waals surface area contributed by atoms with E-state index < -0.39 is 11.9 Å². The number of rotatable bonds is 5. The Kier molecular flexibility index (Phi) is 5.52. The summed E-state index contributed by atoms with van der Waals surface area (Å²) in [5, 5.41) is 0. The number of ketones is 1. The summed E-state index contributed by atoms with van der Waals surface area (Å²) in [6.07, 6.45) is 0.0964. The van der Waals surface area contributed by atoms with Crippen molar-refractivity contribution in [3.63, 3.8) is 0 Å². The predicted octanol–water partition coefficient (Wildman–Crippen LogP) is 3.54. The van der Waals surface area contributed by atoms with E-state index in [1.807, 2.05) is 31.2 Å². The average molecular weight is 416 g/mol. The number of aryl methyl sites for hydroxylation is 1. The second-order valence-corrected chi connectivity index (χ2v) is 7.19. The van der Waals surface area contributed by atoms with Crippen LogP contribution in [0.15, 0.2) is 53.0 Å². The molecule has 1 aliphatic heterocycles. The van der Waals surface area contributed by atoms with E-state index in [0.29, 0.717) is 5.56 Å². The zero-order valence-corrected chi connectivity index (χ0v) is 15.9. The number of hydrogen-bond acceptors (Lipinski definition) is 4. The molecule has 0 radical (unpaired) electrons. The van der Waals surface area contributed by atoms with Gasteiger partial charge in [0.15, 0.2) is 12.4 Å². The number of amides is 1. The number of halogens is 1. The fourth-order valence-electron chi connectivity index (χ4n) is 2.81. The van der Waals surface area contributed by atoms with Crippen molar-refractivity contribution in [2.45, 2.75) is 13.3 Å². The molecule has 5 nitrogen and oxygen atoms in total. The van der Waals surface area contributed by atoms with E-state index in [2.05, 4.69) is 15.9 Å². The summed E-state index contributed by atoms with van der Waals surface area (Å²) in [4.78, 5) is 38.1. The van der Waals surface area contributed by atoms with Crippen LogP contribution in [-0.4, -0.2) is 30.8 Å². The number of esters is 1. The molecule has 1 aliphatic rings. The van der Waals surface area contributed by atoms with Crippen molar-refractivity contribution in [1.82, 2.24) is 0 Å². The smallest absolute Gasteiger partial charge is 0.311 e. The molecule has 0 bridgehead atoms. The van der Waals surface area contributed by atoms with E-state index >= 15 is 0 Å². The lowest BCUT2D eigenvalue weighted by Gasteiger charge is -2.16. The number of benzene rings is 2. The molecule has 0 aromatic heterocycles. The third-order valence-electron chi connectivity index (χ3n) is 4.32. The van der Waals surface area contributed by atoms with E-state index in [1.165, 1.54) is 0 Å². The number of hydrogen-bond donors (Lipinski definition) is 0. The van der Waals surface area contributed by atoms with Crippen molar-refractivity contribution in [1.29, 1.82) is 0 Å². The summed E-state index contributed by atoms with van der Waals surface area (Å²) in [6, 6.07) is 14.4. The van der Waals surface area contributed by atoms with Crippen LogP contribution < -0.4 is 4.90 Å². The van der Waals surface area contributed by atoms with Gasteiger partial charge in [0.1, 0.15) is 0 Å². The van der Waals surface area contributed by atoms with Crippen LogP contribution in [0.3, 0.4) is 0 Å². The molecule has 2 aromatic rings. The first-order chi connectivity index (χ1) is 12.4. The fraction of sp³-hybridized carbons (Fsp3) is 0.250. The van der Waals surface area contributed by atoms with Crippen molar-refractivity contribution in [3.05, 3.63) is 64.1 Å². The standard InChI is InChI=1S/C20H18BrNO4/c1-13-2-8-17(9-3-13)22-11-15(10-19(22)24)20(25)26-12-18(23)14-4-6-16(21)7-5-14/h2-9,15H,10-12H2,1H3/t15-/m1/s1. The van der Waals surface area contributed by atoms with Crippen molar-refractivity contribution in [2.24, 2.45) is 5.92 Å². The quantitative estimate of drug-likeness (QED) is 0.553. The minimum absolute atomic E-state index is 0.0964. The summed E-state index contributed by atoms with van der Waals surface area (Å²) in [5.41, 5.74) is 2.34. The molecule has 0 aliphatic carbocycles. The Hall–Kier alpha value is -2.47. The molecule has 0 N–H and O–H groups in total. The highest BCUT2D eigenvalue weighted by Crippen LogP contribution is 2.26. The molecule has 6 heteroatoms. The molecule has 1 fully saturated rings. The van der Waals surface area contributed by atoms with Gasteiger partial charge in [-0.25, -0.2) is 0 Å². The first-order valence-corrected chi connectivity index (χ1v) is 9.06. The average Bonchev–Trinajstić information content (AvgIpc) is 3.02. The first-order valence-electron chi connectivity index (χ1n) is 8.26. The summed E-state index contributed by atoms with van der Waals surface area (Å²) < 4.78 is 6.01. The van der Waals surface area contributed by atoms with Crippen LogP contribution in [0.4, 0.5) is 5.69 Å². The molecule has 1 amide bonds. The van der Waals surface area contributed by atoms with E-state index in [9.17, 15) is 14.4 Å². The fourth-order valence-corrected chi connectivity index (χ4v) is 3.08. The minimum atomic E-state index is -0.554. The number of ether oxygens (including phenoxy) is 1. The Morgan fingerprint density at radius 3 is 2.42 bits per heavy atom. The summed E-state index contributed by atoms with van der Waals surface area (Å²) >= 11 is 3.30. The van der Waals surface area contributed by atoms with Gasteiger partial charge in [-0.1, -0.05) is 45.8 Å². The van der Waals surface area contributed by atoms with E-state index in [4.69, 9.17) is 4.74 Å². The van der Waals surface area contributed by atoms with Crippen molar-refractivity contribution in [2.75, 3.05) is 18.1 Å². The molecule has 1 saturated heterocycles. The Morgan fingerprint density at radius 2 is 1.77 bits per heavy atom. The number of anilines is 1. The van der Waals surface area contributed by atoms with Gasteiger partial charge in [-0.3, -0.25) is 14.4 Å². The summed E-state index contributed by atoms with van der Waals surface area (Å²) in [7, 11) is 0. The van der Waals surface area contributed by atoms with Gasteiger partial charge in [0.25, 0.3) is 0 Å². The van der Waals surface area contributed by atoms with E-state index in [0.717, 1.165) is 15.7 Å². The molecule has 0 unspecified atom stereocenters. The van der Waals surface area contributed by atoms with Gasteiger partial charge in [0, 0.05) is 28.7 Å². The number of Topliss-reactive ketones (excluding diaryl/α,β-unsaturated/α-hetero) is 1. The van der Waals surface area contributed by atoms with Crippen LogP contribution in [0.5, 0.6) is 0 Å². The van der Waals surface area contributed by atoms with Crippen LogP contribution in [0.1, 0.15) is 22.3 Å². The van der Waals surface area contributed by atoms with Crippen LogP contribution in [0, 0.1) is 12.8 Å². The maximum atomic E-state index is 12.3. The molecule has 134 valence electrons. The van der Waals surface area contributed by atoms with Gasteiger partial charge >= 0.3 is 5.97 Å². The largest absolute Gasteiger partial charge is 0.457 e. The van der Waals surface area contributed by atoms with Crippen molar-refractivity contribution >= 4 is 39.3 Å². The number of carbonyl (C=O) groups is 3. The van der Waals surface area contributed by atoms with Gasteiger partial charge < -0.3 is 9.64 Å². The van der Waals surface area contributed by atoms with E-state index in [-0.39, 0.29) is 31.3 Å².